The lowest BCUT2D eigenvalue weighted by molar-refractivity contribution is 0.0863. The number of hydrogen-bond acceptors (Lipinski definition) is 3. The second-order valence-electron chi connectivity index (χ2n) is 5.77. The minimum Gasteiger partial charge on any atom is -0.453 e. The van der Waals surface area contributed by atoms with E-state index in [-0.39, 0.29) is 0 Å². The molecule has 1 aliphatic heterocycles. The van der Waals surface area contributed by atoms with E-state index in [1.807, 2.05) is 6.07 Å². The van der Waals surface area contributed by atoms with Gasteiger partial charge in [-0.2, -0.15) is 0 Å². The number of nitrogens with zero attached hydrogens (tertiary/aromatic N) is 1. The predicted molar refractivity (Wildman–Crippen MR) is 80.2 cm³/mol. The molecule has 3 nitrogen and oxygen atoms in total. The highest BCUT2D eigenvalue weighted by Crippen LogP contribution is 2.39. The van der Waals surface area contributed by atoms with Crippen LogP contribution in [-0.4, -0.2) is 31.1 Å². The van der Waals surface area contributed by atoms with E-state index >= 15 is 0 Å². The maximum atomic E-state index is 5.91. The number of rotatable bonds is 3. The summed E-state index contributed by atoms with van der Waals surface area (Å²) in [6, 6.07) is 4.67. The summed E-state index contributed by atoms with van der Waals surface area (Å²) in [4.78, 5) is 2.62. The van der Waals surface area contributed by atoms with Crippen molar-refractivity contribution >= 4 is 15.9 Å². The van der Waals surface area contributed by atoms with Crippen molar-refractivity contribution in [2.45, 2.75) is 38.1 Å². The Balaban J connectivity index is 1.81. The quantitative estimate of drug-likeness (QED) is 0.920. The van der Waals surface area contributed by atoms with Crippen molar-refractivity contribution < 1.29 is 4.42 Å². The summed E-state index contributed by atoms with van der Waals surface area (Å²) in [6.45, 7) is 4.48. The molecule has 2 aliphatic rings. The fraction of sp³-hybridized carbons (Fsp3) is 0.733. The molecule has 1 atom stereocenters. The molecule has 1 aromatic heterocycles. The number of piperazine rings is 1. The van der Waals surface area contributed by atoms with E-state index in [1.165, 1.54) is 32.1 Å². The first-order valence-electron chi connectivity index (χ1n) is 7.54. The van der Waals surface area contributed by atoms with Gasteiger partial charge in [-0.3, -0.25) is 4.90 Å². The highest BCUT2D eigenvalue weighted by atomic mass is 79.9. The van der Waals surface area contributed by atoms with Gasteiger partial charge in [0.05, 0.1) is 6.04 Å². The lowest BCUT2D eigenvalue weighted by Gasteiger charge is -2.39. The highest BCUT2D eigenvalue weighted by Gasteiger charge is 2.32. The Labute approximate surface area is 123 Å². The van der Waals surface area contributed by atoms with Crippen molar-refractivity contribution in [2.24, 2.45) is 5.92 Å². The van der Waals surface area contributed by atoms with E-state index in [2.05, 4.69) is 32.2 Å². The van der Waals surface area contributed by atoms with Crippen LogP contribution in [0.1, 0.15) is 43.9 Å². The van der Waals surface area contributed by atoms with Gasteiger partial charge in [-0.1, -0.05) is 19.3 Å². The molecule has 0 radical (unpaired) electrons. The number of furan rings is 1. The van der Waals surface area contributed by atoms with E-state index in [4.69, 9.17) is 4.42 Å². The number of nitrogens with one attached hydrogen (secondary N) is 1. The van der Waals surface area contributed by atoms with Gasteiger partial charge in [-0.05, 0) is 46.8 Å². The Kier molecular flexibility index (Phi) is 4.61. The Morgan fingerprint density at radius 3 is 2.53 bits per heavy atom. The molecule has 1 saturated heterocycles. The van der Waals surface area contributed by atoms with Crippen molar-refractivity contribution in [3.05, 3.63) is 22.6 Å². The van der Waals surface area contributed by atoms with E-state index < -0.39 is 0 Å². The highest BCUT2D eigenvalue weighted by molar-refractivity contribution is 9.10. The van der Waals surface area contributed by atoms with E-state index in [0.717, 1.165) is 42.5 Å². The monoisotopic (exact) mass is 326 g/mol. The van der Waals surface area contributed by atoms with Crippen LogP contribution >= 0.6 is 15.9 Å². The molecular formula is C15H23BrN2O. The van der Waals surface area contributed by atoms with Crippen LogP contribution in [0.2, 0.25) is 0 Å². The van der Waals surface area contributed by atoms with Crippen LogP contribution in [0.25, 0.3) is 0 Å². The predicted octanol–water partition coefficient (Wildman–Crippen LogP) is 3.57. The average molecular weight is 327 g/mol. The molecule has 0 spiro atoms. The molecule has 3 rings (SSSR count). The summed E-state index contributed by atoms with van der Waals surface area (Å²) < 4.78 is 6.77. The summed E-state index contributed by atoms with van der Waals surface area (Å²) in [5, 5.41) is 3.45. The van der Waals surface area contributed by atoms with Crippen LogP contribution in [0, 0.1) is 5.92 Å². The molecule has 2 heterocycles. The van der Waals surface area contributed by atoms with Crippen molar-refractivity contribution in [1.29, 1.82) is 0 Å². The number of halogens is 1. The topological polar surface area (TPSA) is 28.4 Å². The second kappa shape index (κ2) is 6.42. The Bertz CT molecular complexity index is 377. The molecule has 0 unspecified atom stereocenters. The van der Waals surface area contributed by atoms with Gasteiger partial charge in [-0.25, -0.2) is 0 Å². The molecular weight excluding hydrogens is 304 g/mol. The maximum absolute atomic E-state index is 5.91. The Morgan fingerprint density at radius 1 is 1.16 bits per heavy atom. The number of hydrogen-bond donors (Lipinski definition) is 1. The lowest BCUT2D eigenvalue weighted by Crippen LogP contribution is -2.47. The van der Waals surface area contributed by atoms with Gasteiger partial charge in [0, 0.05) is 26.2 Å². The van der Waals surface area contributed by atoms with Gasteiger partial charge >= 0.3 is 0 Å². The van der Waals surface area contributed by atoms with Crippen molar-refractivity contribution in [1.82, 2.24) is 10.2 Å². The minimum absolute atomic E-state index is 0.480. The third-order valence-corrected chi connectivity index (χ3v) is 4.95. The van der Waals surface area contributed by atoms with E-state index in [1.54, 1.807) is 0 Å². The normalized spacial score (nSPS) is 24.5. The second-order valence-corrected chi connectivity index (χ2v) is 6.55. The van der Waals surface area contributed by atoms with Gasteiger partial charge in [0.15, 0.2) is 4.67 Å². The molecule has 1 saturated carbocycles. The van der Waals surface area contributed by atoms with Gasteiger partial charge < -0.3 is 9.73 Å². The first kappa shape index (κ1) is 13.7. The summed E-state index contributed by atoms with van der Waals surface area (Å²) in [5.74, 6) is 1.92. The zero-order chi connectivity index (χ0) is 13.1. The summed E-state index contributed by atoms with van der Waals surface area (Å²) in [7, 11) is 0. The van der Waals surface area contributed by atoms with Gasteiger partial charge in [-0.15, -0.1) is 0 Å². The molecule has 0 bridgehead atoms. The summed E-state index contributed by atoms with van der Waals surface area (Å²) in [6.07, 6.45) is 6.89. The van der Waals surface area contributed by atoms with Crippen LogP contribution in [0.15, 0.2) is 21.2 Å². The Hall–Kier alpha value is -0.320. The first-order chi connectivity index (χ1) is 9.34. The molecule has 0 amide bonds. The Morgan fingerprint density at radius 2 is 1.89 bits per heavy atom. The van der Waals surface area contributed by atoms with Crippen LogP contribution in [0.3, 0.4) is 0 Å². The zero-order valence-corrected chi connectivity index (χ0v) is 13.0. The first-order valence-corrected chi connectivity index (χ1v) is 8.34. The molecule has 2 fully saturated rings. The van der Waals surface area contributed by atoms with Crippen LogP contribution in [0.5, 0.6) is 0 Å². The standard InChI is InChI=1S/C15H23BrN2O/c16-14-7-6-13(19-14)15(12-4-2-1-3-5-12)18-10-8-17-9-11-18/h6-7,12,15,17H,1-5,8-11H2/t15-/m0/s1. The maximum Gasteiger partial charge on any atom is 0.169 e. The zero-order valence-electron chi connectivity index (χ0n) is 11.4. The van der Waals surface area contributed by atoms with Crippen LogP contribution in [0.4, 0.5) is 0 Å². The lowest BCUT2D eigenvalue weighted by atomic mass is 9.82. The summed E-state index contributed by atoms with van der Waals surface area (Å²) in [5.41, 5.74) is 0. The van der Waals surface area contributed by atoms with Crippen molar-refractivity contribution in [3.8, 4) is 0 Å². The molecule has 1 N–H and O–H groups in total. The largest absolute Gasteiger partial charge is 0.453 e. The van der Waals surface area contributed by atoms with Gasteiger partial charge in [0.2, 0.25) is 0 Å². The van der Waals surface area contributed by atoms with Crippen molar-refractivity contribution in [2.75, 3.05) is 26.2 Å². The molecule has 1 aliphatic carbocycles. The van der Waals surface area contributed by atoms with Gasteiger partial charge in [0.1, 0.15) is 5.76 Å². The average Bonchev–Trinajstić information content (AvgIpc) is 2.88. The van der Waals surface area contributed by atoms with Crippen molar-refractivity contribution in [3.63, 3.8) is 0 Å². The van der Waals surface area contributed by atoms with E-state index in [0.29, 0.717) is 6.04 Å². The SMILES string of the molecule is Brc1ccc([C@H](C2CCCCC2)N2CCNCC2)o1. The fourth-order valence-corrected chi connectivity index (χ4v) is 3.93. The molecule has 19 heavy (non-hydrogen) atoms. The fourth-order valence-electron chi connectivity index (χ4n) is 3.61. The van der Waals surface area contributed by atoms with E-state index in [9.17, 15) is 0 Å². The summed E-state index contributed by atoms with van der Waals surface area (Å²) >= 11 is 3.45. The molecule has 4 heteroatoms. The molecule has 106 valence electrons. The van der Waals surface area contributed by atoms with Crippen LogP contribution in [-0.2, 0) is 0 Å². The minimum atomic E-state index is 0.480. The smallest absolute Gasteiger partial charge is 0.169 e. The molecule has 0 aromatic carbocycles. The van der Waals surface area contributed by atoms with Gasteiger partial charge in [0.25, 0.3) is 0 Å². The molecule has 1 aromatic rings. The third-order valence-electron chi connectivity index (χ3n) is 4.53. The van der Waals surface area contributed by atoms with Crippen LogP contribution < -0.4 is 5.32 Å². The third kappa shape index (κ3) is 3.23.